The first-order valence-electron chi connectivity index (χ1n) is 10.9. The number of rotatable bonds is 12. The number of Topliss-reactive ketones (excluding diaryl/α,β-unsaturated/α-hetero) is 1. The molecule has 34 heavy (non-hydrogen) atoms. The third kappa shape index (κ3) is 8.68. The molecule has 0 unspecified atom stereocenters. The fourth-order valence-electron chi connectivity index (χ4n) is 3.25. The zero-order chi connectivity index (χ0) is 24.9. The predicted octanol–water partition coefficient (Wildman–Crippen LogP) is 4.03. The van der Waals surface area contributed by atoms with E-state index in [4.69, 9.17) is 19.8 Å². The SMILES string of the molecule is CC(=O)c1ccc(NC(=O)O[C@@H](c2cccc(OCCO)c2)[C@H](C)CC/C=C/C(=O)NO)cc1. The van der Waals surface area contributed by atoms with Crippen molar-refractivity contribution in [3.63, 3.8) is 0 Å². The Bertz CT molecular complexity index is 989. The van der Waals surface area contributed by atoms with Gasteiger partial charge in [0.05, 0.1) is 6.61 Å². The van der Waals surface area contributed by atoms with E-state index in [0.29, 0.717) is 35.4 Å². The van der Waals surface area contributed by atoms with E-state index in [1.165, 1.54) is 18.5 Å². The van der Waals surface area contributed by atoms with Crippen LogP contribution < -0.4 is 15.5 Å². The van der Waals surface area contributed by atoms with Gasteiger partial charge in [0.15, 0.2) is 5.78 Å². The number of hydroxylamine groups is 1. The van der Waals surface area contributed by atoms with Gasteiger partial charge in [-0.3, -0.25) is 20.1 Å². The van der Waals surface area contributed by atoms with Crippen molar-refractivity contribution in [1.82, 2.24) is 5.48 Å². The van der Waals surface area contributed by atoms with Crippen LogP contribution in [0.15, 0.2) is 60.7 Å². The number of hydrogen-bond donors (Lipinski definition) is 4. The molecule has 0 saturated carbocycles. The molecule has 2 aromatic rings. The van der Waals surface area contributed by atoms with Crippen LogP contribution in [0.1, 0.15) is 48.7 Å². The van der Waals surface area contributed by atoms with Crippen molar-refractivity contribution in [3.8, 4) is 5.75 Å². The second-order valence-corrected chi connectivity index (χ2v) is 7.66. The van der Waals surface area contributed by atoms with Crippen LogP contribution in [0.5, 0.6) is 5.75 Å². The molecule has 9 heteroatoms. The third-order valence-electron chi connectivity index (χ3n) is 5.00. The molecule has 182 valence electrons. The second-order valence-electron chi connectivity index (χ2n) is 7.66. The predicted molar refractivity (Wildman–Crippen MR) is 126 cm³/mol. The topological polar surface area (TPSA) is 134 Å². The molecule has 0 spiro atoms. The lowest BCUT2D eigenvalue weighted by Gasteiger charge is -2.25. The van der Waals surface area contributed by atoms with Crippen molar-refractivity contribution in [3.05, 3.63) is 71.8 Å². The summed E-state index contributed by atoms with van der Waals surface area (Å²) in [5, 5.41) is 20.2. The van der Waals surface area contributed by atoms with Crippen LogP contribution in [-0.4, -0.2) is 41.3 Å². The largest absolute Gasteiger partial charge is 0.491 e. The standard InChI is InChI=1S/C25H30N2O7/c1-17(6-3-4-9-23(30)27-32)24(20-7-5-8-22(16-20)33-15-14-28)34-25(31)26-21-12-10-19(11-13-21)18(2)29/h4-5,7-13,16-17,24,28,32H,3,6,14-15H2,1-2H3,(H,26,31)(H,27,30)/b9-4+/t17-,24-/m1/s1. The number of anilines is 1. The van der Waals surface area contributed by atoms with Gasteiger partial charge < -0.3 is 14.6 Å². The minimum atomic E-state index is -0.663. The van der Waals surface area contributed by atoms with E-state index in [1.807, 2.05) is 13.0 Å². The lowest BCUT2D eigenvalue weighted by Crippen LogP contribution is -2.22. The van der Waals surface area contributed by atoms with Crippen molar-refractivity contribution >= 4 is 23.5 Å². The highest BCUT2D eigenvalue weighted by Gasteiger charge is 2.24. The molecular formula is C25H30N2O7. The average Bonchev–Trinajstić information content (AvgIpc) is 2.84. The summed E-state index contributed by atoms with van der Waals surface area (Å²) in [7, 11) is 0. The monoisotopic (exact) mass is 470 g/mol. The zero-order valence-corrected chi connectivity index (χ0v) is 19.2. The smallest absolute Gasteiger partial charge is 0.412 e. The van der Waals surface area contributed by atoms with Crippen LogP contribution in [0.3, 0.4) is 0 Å². The van der Waals surface area contributed by atoms with Crippen molar-refractivity contribution < 1.29 is 34.2 Å². The number of allylic oxidation sites excluding steroid dienone is 1. The number of benzene rings is 2. The summed E-state index contributed by atoms with van der Waals surface area (Å²) in [5.74, 6) is -0.297. The number of carbonyl (C=O) groups is 3. The first-order valence-corrected chi connectivity index (χ1v) is 10.9. The molecular weight excluding hydrogens is 440 g/mol. The van der Waals surface area contributed by atoms with E-state index in [2.05, 4.69) is 5.32 Å². The van der Waals surface area contributed by atoms with E-state index >= 15 is 0 Å². The van der Waals surface area contributed by atoms with Gasteiger partial charge in [0, 0.05) is 17.3 Å². The van der Waals surface area contributed by atoms with Gasteiger partial charge in [-0.1, -0.05) is 25.1 Å². The van der Waals surface area contributed by atoms with Crippen LogP contribution in [-0.2, 0) is 9.53 Å². The van der Waals surface area contributed by atoms with Crippen LogP contribution in [0.4, 0.5) is 10.5 Å². The van der Waals surface area contributed by atoms with Gasteiger partial charge >= 0.3 is 6.09 Å². The molecule has 0 saturated heterocycles. The molecule has 0 radical (unpaired) electrons. The number of nitrogens with one attached hydrogen (secondary N) is 2. The van der Waals surface area contributed by atoms with Crippen LogP contribution in [0, 0.1) is 5.92 Å². The van der Waals surface area contributed by atoms with Gasteiger partial charge in [0.1, 0.15) is 18.5 Å². The lowest BCUT2D eigenvalue weighted by molar-refractivity contribution is -0.124. The summed E-state index contributed by atoms with van der Waals surface area (Å²) in [4.78, 5) is 35.2. The maximum absolute atomic E-state index is 12.7. The highest BCUT2D eigenvalue weighted by Crippen LogP contribution is 2.32. The number of aliphatic hydroxyl groups is 1. The first kappa shape index (κ1) is 26.6. The van der Waals surface area contributed by atoms with Gasteiger partial charge in [-0.15, -0.1) is 0 Å². The Morgan fingerprint density at radius 2 is 1.85 bits per heavy atom. The molecule has 0 bridgehead atoms. The summed E-state index contributed by atoms with van der Waals surface area (Å²) in [6.45, 7) is 3.39. The van der Waals surface area contributed by atoms with Crippen molar-refractivity contribution in [2.75, 3.05) is 18.5 Å². The van der Waals surface area contributed by atoms with E-state index in [-0.39, 0.29) is 24.9 Å². The summed E-state index contributed by atoms with van der Waals surface area (Å²) in [6, 6.07) is 13.6. The van der Waals surface area contributed by atoms with Crippen molar-refractivity contribution in [2.24, 2.45) is 5.92 Å². The maximum Gasteiger partial charge on any atom is 0.412 e. The van der Waals surface area contributed by atoms with Gasteiger partial charge in [0.2, 0.25) is 0 Å². The Morgan fingerprint density at radius 3 is 2.50 bits per heavy atom. The highest BCUT2D eigenvalue weighted by atomic mass is 16.6. The Balaban J connectivity index is 2.15. The summed E-state index contributed by atoms with van der Waals surface area (Å²) >= 11 is 0. The number of ether oxygens (including phenoxy) is 2. The van der Waals surface area contributed by atoms with Gasteiger partial charge in [-0.2, -0.15) is 0 Å². The average molecular weight is 471 g/mol. The molecule has 0 aliphatic heterocycles. The normalized spacial score (nSPS) is 12.6. The third-order valence-corrected chi connectivity index (χ3v) is 5.00. The fraction of sp³-hybridized carbons (Fsp3) is 0.320. The van der Waals surface area contributed by atoms with E-state index in [1.54, 1.807) is 48.5 Å². The lowest BCUT2D eigenvalue weighted by atomic mass is 9.93. The minimum Gasteiger partial charge on any atom is -0.491 e. The molecule has 0 aliphatic rings. The van der Waals surface area contributed by atoms with Crippen LogP contribution in [0.2, 0.25) is 0 Å². The molecule has 9 nitrogen and oxygen atoms in total. The summed E-state index contributed by atoms with van der Waals surface area (Å²) in [6.07, 6.45) is 2.66. The highest BCUT2D eigenvalue weighted by molar-refractivity contribution is 5.95. The molecule has 0 aliphatic carbocycles. The van der Waals surface area contributed by atoms with E-state index < -0.39 is 18.1 Å². The molecule has 2 aromatic carbocycles. The molecule has 2 rings (SSSR count). The second kappa shape index (κ2) is 13.8. The summed E-state index contributed by atoms with van der Waals surface area (Å²) in [5.41, 5.74) is 3.26. The van der Waals surface area contributed by atoms with Gasteiger partial charge in [0.25, 0.3) is 5.91 Å². The quantitative estimate of drug-likeness (QED) is 0.159. The van der Waals surface area contributed by atoms with Crippen molar-refractivity contribution in [1.29, 1.82) is 0 Å². The Morgan fingerprint density at radius 1 is 1.12 bits per heavy atom. The number of hydrogen-bond acceptors (Lipinski definition) is 7. The number of amides is 2. The number of ketones is 1. The van der Waals surface area contributed by atoms with Gasteiger partial charge in [-0.25, -0.2) is 10.3 Å². The molecule has 4 N–H and O–H groups in total. The molecule has 2 atom stereocenters. The van der Waals surface area contributed by atoms with E-state index in [9.17, 15) is 14.4 Å². The first-order chi connectivity index (χ1) is 16.3. The molecule has 0 aromatic heterocycles. The van der Waals surface area contributed by atoms with E-state index in [0.717, 1.165) is 0 Å². The van der Waals surface area contributed by atoms with Gasteiger partial charge in [-0.05, 0) is 67.6 Å². The zero-order valence-electron chi connectivity index (χ0n) is 19.2. The Kier molecular flexibility index (Phi) is 10.8. The molecule has 0 fully saturated rings. The van der Waals surface area contributed by atoms with Crippen LogP contribution >= 0.6 is 0 Å². The molecule has 0 heterocycles. The number of aliphatic hydroxyl groups excluding tert-OH is 1. The fourth-order valence-corrected chi connectivity index (χ4v) is 3.25. The van der Waals surface area contributed by atoms with Crippen LogP contribution in [0.25, 0.3) is 0 Å². The Hall–Kier alpha value is -3.69. The number of carbonyl (C=O) groups excluding carboxylic acids is 3. The minimum absolute atomic E-state index is 0.0724. The maximum atomic E-state index is 12.7. The Labute approximate surface area is 198 Å². The van der Waals surface area contributed by atoms with Crippen molar-refractivity contribution in [2.45, 2.75) is 32.8 Å². The molecule has 2 amide bonds. The summed E-state index contributed by atoms with van der Waals surface area (Å²) < 4.78 is 11.3.